The fraction of sp³-hybridized carbons (Fsp3) is 0.500. The van der Waals surface area contributed by atoms with Gasteiger partial charge in [0.1, 0.15) is 11.1 Å². The van der Waals surface area contributed by atoms with Crippen LogP contribution in [-0.2, 0) is 4.79 Å². The quantitative estimate of drug-likeness (QED) is 0.681. The number of ketones is 1. The number of amides is 1. The first kappa shape index (κ1) is 18.2. The Morgan fingerprint density at radius 2 is 2.00 bits per heavy atom. The first-order chi connectivity index (χ1) is 10.0. The summed E-state index contributed by atoms with van der Waals surface area (Å²) in [4.78, 5) is 28.0. The second-order valence-corrected chi connectivity index (χ2v) is 7.47. The minimum atomic E-state index is -0.388. The molecule has 0 bridgehead atoms. The minimum absolute atomic E-state index is 0.114. The summed E-state index contributed by atoms with van der Waals surface area (Å²) >= 11 is 1.22. The monoisotopic (exact) mass is 319 g/mol. The second kappa shape index (κ2) is 6.93. The van der Waals surface area contributed by atoms with E-state index in [9.17, 15) is 14.9 Å². The van der Waals surface area contributed by atoms with Gasteiger partial charge in [-0.15, -0.1) is 0 Å². The van der Waals surface area contributed by atoms with Crippen molar-refractivity contribution in [3.8, 4) is 6.07 Å². The van der Waals surface area contributed by atoms with E-state index in [0.717, 1.165) is 0 Å². The number of aryl methyl sites for hydroxylation is 1. The van der Waals surface area contributed by atoms with Crippen LogP contribution in [0.4, 0.5) is 0 Å². The zero-order valence-corrected chi connectivity index (χ0v) is 14.6. The first-order valence-corrected chi connectivity index (χ1v) is 7.84. The average molecular weight is 319 g/mol. The van der Waals surface area contributed by atoms with Crippen molar-refractivity contribution in [2.24, 2.45) is 0 Å². The number of nitriles is 1. The average Bonchev–Trinajstić information content (AvgIpc) is 2.36. The Morgan fingerprint density at radius 1 is 1.41 bits per heavy atom. The lowest BCUT2D eigenvalue weighted by Gasteiger charge is -2.23. The fourth-order valence-corrected chi connectivity index (χ4v) is 2.72. The summed E-state index contributed by atoms with van der Waals surface area (Å²) in [7, 11) is 0. The maximum Gasteiger partial charge on any atom is 0.233 e. The van der Waals surface area contributed by atoms with Gasteiger partial charge in [0.15, 0.2) is 5.78 Å². The van der Waals surface area contributed by atoms with Crippen molar-refractivity contribution >= 4 is 23.5 Å². The topological polar surface area (TPSA) is 82.8 Å². The summed E-state index contributed by atoms with van der Waals surface area (Å²) in [6.45, 7) is 10.7. The lowest BCUT2D eigenvalue weighted by molar-refractivity contribution is -0.121. The summed E-state index contributed by atoms with van der Waals surface area (Å²) in [5.74, 6) is -0.243. The molecule has 0 aromatic carbocycles. The van der Waals surface area contributed by atoms with Crippen LogP contribution in [0.25, 0.3) is 0 Å². The first-order valence-electron chi connectivity index (χ1n) is 6.96. The Bertz CT molecular complexity index is 642. The van der Waals surface area contributed by atoms with E-state index in [1.807, 2.05) is 26.8 Å². The zero-order valence-electron chi connectivity index (χ0n) is 13.8. The molecule has 0 saturated heterocycles. The van der Waals surface area contributed by atoms with E-state index in [-0.39, 0.29) is 22.5 Å². The van der Waals surface area contributed by atoms with Crippen molar-refractivity contribution in [2.45, 2.75) is 57.4 Å². The number of aromatic nitrogens is 1. The van der Waals surface area contributed by atoms with Crippen molar-refractivity contribution in [3.63, 3.8) is 0 Å². The van der Waals surface area contributed by atoms with E-state index in [0.29, 0.717) is 21.8 Å². The van der Waals surface area contributed by atoms with Crippen LogP contribution >= 0.6 is 11.8 Å². The Morgan fingerprint density at radius 3 is 2.45 bits per heavy atom. The number of thioether (sulfide) groups is 1. The third-order valence-electron chi connectivity index (χ3n) is 2.83. The normalized spacial score (nSPS) is 12.4. The summed E-state index contributed by atoms with van der Waals surface area (Å²) in [5, 5.41) is 12.2. The molecule has 6 heteroatoms. The van der Waals surface area contributed by atoms with Crippen LogP contribution in [0, 0.1) is 18.3 Å². The lowest BCUT2D eigenvalue weighted by Crippen LogP contribution is -2.44. The van der Waals surface area contributed by atoms with Gasteiger partial charge in [-0.3, -0.25) is 9.59 Å². The molecule has 1 amide bonds. The molecule has 1 aromatic rings. The highest BCUT2D eigenvalue weighted by atomic mass is 32.2. The molecule has 1 N–H and O–H groups in total. The van der Waals surface area contributed by atoms with E-state index in [1.165, 1.54) is 18.7 Å². The predicted octanol–water partition coefficient (Wildman–Crippen LogP) is 2.86. The van der Waals surface area contributed by atoms with Crippen LogP contribution in [-0.4, -0.2) is 27.5 Å². The summed E-state index contributed by atoms with van der Waals surface area (Å²) in [6, 6.07) is 3.59. The molecule has 1 unspecified atom stereocenters. The predicted molar refractivity (Wildman–Crippen MR) is 86.9 cm³/mol. The Hall–Kier alpha value is -1.87. The second-order valence-electron chi connectivity index (χ2n) is 6.14. The lowest BCUT2D eigenvalue weighted by atomic mass is 10.1. The number of hydrogen-bond donors (Lipinski definition) is 1. The van der Waals surface area contributed by atoms with Gasteiger partial charge in [0.05, 0.1) is 10.8 Å². The molecular formula is C16H21N3O2S. The van der Waals surface area contributed by atoms with Gasteiger partial charge >= 0.3 is 0 Å². The van der Waals surface area contributed by atoms with Gasteiger partial charge in [0.25, 0.3) is 0 Å². The van der Waals surface area contributed by atoms with Crippen molar-refractivity contribution < 1.29 is 9.59 Å². The molecular weight excluding hydrogens is 298 g/mol. The molecule has 0 spiro atoms. The smallest absolute Gasteiger partial charge is 0.233 e. The molecule has 1 rings (SSSR count). The molecule has 22 heavy (non-hydrogen) atoms. The standard InChI is InChI=1S/C16H21N3O2S/c1-9-13(10(2)20)7-12(8-17)15(18-9)22-11(3)14(21)19-16(4,5)6/h7,11H,1-6H3,(H,19,21). The van der Waals surface area contributed by atoms with Gasteiger partial charge in [-0.2, -0.15) is 5.26 Å². The van der Waals surface area contributed by atoms with Crippen LogP contribution in [0.2, 0.25) is 0 Å². The van der Waals surface area contributed by atoms with E-state index < -0.39 is 0 Å². The largest absolute Gasteiger partial charge is 0.351 e. The van der Waals surface area contributed by atoms with Crippen LogP contribution in [0.1, 0.15) is 56.2 Å². The third-order valence-corrected chi connectivity index (χ3v) is 3.94. The fourth-order valence-electron chi connectivity index (χ4n) is 1.80. The maximum atomic E-state index is 12.1. The number of nitrogens with one attached hydrogen (secondary N) is 1. The minimum Gasteiger partial charge on any atom is -0.351 e. The molecule has 5 nitrogen and oxygen atoms in total. The molecule has 1 aromatic heterocycles. The molecule has 0 aliphatic rings. The molecule has 1 heterocycles. The Kier molecular flexibility index (Phi) is 5.72. The van der Waals surface area contributed by atoms with Gasteiger partial charge in [0, 0.05) is 16.8 Å². The van der Waals surface area contributed by atoms with Gasteiger partial charge in [-0.25, -0.2) is 4.98 Å². The molecule has 0 radical (unpaired) electrons. The number of nitrogens with zero attached hydrogens (tertiary/aromatic N) is 2. The number of Topliss-reactive ketones (excluding diaryl/α,β-unsaturated/α-hetero) is 1. The number of rotatable bonds is 4. The highest BCUT2D eigenvalue weighted by Gasteiger charge is 2.22. The Balaban J connectivity index is 3.03. The molecule has 1 atom stereocenters. The SMILES string of the molecule is CC(=O)c1cc(C#N)c(SC(C)C(=O)NC(C)(C)C)nc1C. The van der Waals surface area contributed by atoms with E-state index >= 15 is 0 Å². The summed E-state index contributed by atoms with van der Waals surface area (Å²) in [5.41, 5.74) is 1.01. The molecule has 0 aliphatic heterocycles. The Labute approximate surface area is 135 Å². The van der Waals surface area contributed by atoms with E-state index in [1.54, 1.807) is 19.9 Å². The highest BCUT2D eigenvalue weighted by molar-refractivity contribution is 8.00. The van der Waals surface area contributed by atoms with Gasteiger partial charge < -0.3 is 5.32 Å². The van der Waals surface area contributed by atoms with Crippen molar-refractivity contribution in [1.29, 1.82) is 5.26 Å². The van der Waals surface area contributed by atoms with Crippen LogP contribution in [0.3, 0.4) is 0 Å². The third kappa shape index (κ3) is 4.85. The summed E-state index contributed by atoms with van der Waals surface area (Å²) < 4.78 is 0. The maximum absolute atomic E-state index is 12.1. The van der Waals surface area contributed by atoms with Gasteiger partial charge in [-0.05, 0) is 47.6 Å². The molecule has 0 saturated carbocycles. The van der Waals surface area contributed by atoms with E-state index in [4.69, 9.17) is 0 Å². The van der Waals surface area contributed by atoms with Crippen molar-refractivity contribution in [3.05, 3.63) is 22.9 Å². The molecule has 0 fully saturated rings. The van der Waals surface area contributed by atoms with Crippen LogP contribution in [0.5, 0.6) is 0 Å². The summed E-state index contributed by atoms with van der Waals surface area (Å²) in [6.07, 6.45) is 0. The zero-order chi connectivity index (χ0) is 17.1. The molecule has 0 aliphatic carbocycles. The number of pyridine rings is 1. The number of carbonyl (C=O) groups is 2. The van der Waals surface area contributed by atoms with Crippen LogP contribution < -0.4 is 5.32 Å². The number of hydrogen-bond acceptors (Lipinski definition) is 5. The molecule has 118 valence electrons. The van der Waals surface area contributed by atoms with Crippen molar-refractivity contribution in [2.75, 3.05) is 0 Å². The van der Waals surface area contributed by atoms with Crippen LogP contribution in [0.15, 0.2) is 11.1 Å². The van der Waals surface area contributed by atoms with Crippen molar-refractivity contribution in [1.82, 2.24) is 10.3 Å². The van der Waals surface area contributed by atoms with Gasteiger partial charge in [-0.1, -0.05) is 11.8 Å². The van der Waals surface area contributed by atoms with Gasteiger partial charge in [0.2, 0.25) is 5.91 Å². The number of carbonyl (C=O) groups excluding carboxylic acids is 2. The van der Waals surface area contributed by atoms with E-state index in [2.05, 4.69) is 10.3 Å². The highest BCUT2D eigenvalue weighted by Crippen LogP contribution is 2.27.